The van der Waals surface area contributed by atoms with Gasteiger partial charge in [0.2, 0.25) is 0 Å². The van der Waals surface area contributed by atoms with Gasteiger partial charge in [-0.05, 0) is 18.1 Å². The van der Waals surface area contributed by atoms with E-state index in [1.165, 1.54) is 32.1 Å². The fourth-order valence-electron chi connectivity index (χ4n) is 1.18. The molecule has 0 heterocycles. The molecule has 0 radical (unpaired) electrons. The zero-order valence-corrected chi connectivity index (χ0v) is 9.98. The highest BCUT2D eigenvalue weighted by Crippen LogP contribution is 2.06. The molecular formula is C11H24OS. The maximum absolute atomic E-state index is 5.58. The lowest BCUT2D eigenvalue weighted by atomic mass is 10.1. The summed E-state index contributed by atoms with van der Waals surface area (Å²) < 4.78 is 5.58. The van der Waals surface area contributed by atoms with Gasteiger partial charge in [0, 0.05) is 6.61 Å². The number of thiol groups is 1. The molecule has 0 saturated heterocycles. The molecule has 0 fully saturated rings. The van der Waals surface area contributed by atoms with Crippen LogP contribution < -0.4 is 0 Å². The van der Waals surface area contributed by atoms with Crippen LogP contribution in [0.3, 0.4) is 0 Å². The van der Waals surface area contributed by atoms with Gasteiger partial charge in [0.15, 0.2) is 0 Å². The Kier molecular flexibility index (Phi) is 10.6. The van der Waals surface area contributed by atoms with Crippen molar-refractivity contribution in [1.82, 2.24) is 0 Å². The average molecular weight is 204 g/mol. The summed E-state index contributed by atoms with van der Waals surface area (Å²) >= 11 is 4.27. The van der Waals surface area contributed by atoms with E-state index in [9.17, 15) is 0 Å². The van der Waals surface area contributed by atoms with Gasteiger partial charge in [-0.25, -0.2) is 0 Å². The Bertz CT molecular complexity index is 92.1. The van der Waals surface area contributed by atoms with Gasteiger partial charge >= 0.3 is 0 Å². The standard InChI is InChI=1S/C11H24OS/c1-3-5-6-7-8-12-9-11(4-2)10-13/h11,13H,3-10H2,1-2H3. The molecule has 0 aromatic heterocycles. The van der Waals surface area contributed by atoms with Gasteiger partial charge in [-0.3, -0.25) is 0 Å². The van der Waals surface area contributed by atoms with Crippen LogP contribution in [-0.4, -0.2) is 19.0 Å². The first kappa shape index (κ1) is 13.3. The second-order valence-electron chi connectivity index (χ2n) is 3.59. The summed E-state index contributed by atoms with van der Waals surface area (Å²) in [7, 11) is 0. The van der Waals surface area contributed by atoms with E-state index in [0.717, 1.165) is 19.0 Å². The Morgan fingerprint density at radius 1 is 1.15 bits per heavy atom. The molecule has 2 heteroatoms. The molecule has 0 rings (SSSR count). The van der Waals surface area contributed by atoms with Crippen LogP contribution in [0.5, 0.6) is 0 Å². The summed E-state index contributed by atoms with van der Waals surface area (Å²) in [5, 5.41) is 0. The summed E-state index contributed by atoms with van der Waals surface area (Å²) in [4.78, 5) is 0. The lowest BCUT2D eigenvalue weighted by molar-refractivity contribution is 0.102. The highest BCUT2D eigenvalue weighted by atomic mass is 32.1. The largest absolute Gasteiger partial charge is 0.381 e. The zero-order valence-electron chi connectivity index (χ0n) is 9.09. The van der Waals surface area contributed by atoms with Crippen molar-refractivity contribution in [1.29, 1.82) is 0 Å². The predicted molar refractivity (Wildman–Crippen MR) is 62.6 cm³/mol. The molecule has 0 spiro atoms. The van der Waals surface area contributed by atoms with Crippen molar-refractivity contribution in [3.8, 4) is 0 Å². The number of ether oxygens (including phenoxy) is 1. The lowest BCUT2D eigenvalue weighted by Gasteiger charge is -2.11. The lowest BCUT2D eigenvalue weighted by Crippen LogP contribution is -2.10. The van der Waals surface area contributed by atoms with E-state index in [-0.39, 0.29) is 0 Å². The maximum Gasteiger partial charge on any atom is 0.0501 e. The van der Waals surface area contributed by atoms with E-state index in [1.807, 2.05) is 0 Å². The summed E-state index contributed by atoms with van der Waals surface area (Å²) in [5.41, 5.74) is 0. The van der Waals surface area contributed by atoms with E-state index >= 15 is 0 Å². The van der Waals surface area contributed by atoms with Crippen molar-refractivity contribution >= 4 is 12.6 Å². The SMILES string of the molecule is CCCCCCOCC(CC)CS. The van der Waals surface area contributed by atoms with Gasteiger partial charge in [-0.1, -0.05) is 39.5 Å². The van der Waals surface area contributed by atoms with Crippen molar-refractivity contribution < 1.29 is 4.74 Å². The molecule has 1 atom stereocenters. The Hall–Kier alpha value is 0.310. The molecule has 0 aromatic carbocycles. The van der Waals surface area contributed by atoms with E-state index < -0.39 is 0 Å². The smallest absolute Gasteiger partial charge is 0.0501 e. The minimum atomic E-state index is 0.648. The summed E-state index contributed by atoms with van der Waals surface area (Å²) in [6.45, 7) is 6.26. The zero-order chi connectivity index (χ0) is 9.94. The first-order valence-electron chi connectivity index (χ1n) is 5.53. The highest BCUT2D eigenvalue weighted by molar-refractivity contribution is 7.80. The van der Waals surface area contributed by atoms with Crippen LogP contribution in [0.1, 0.15) is 46.0 Å². The van der Waals surface area contributed by atoms with E-state index in [1.54, 1.807) is 0 Å². The molecule has 0 saturated carbocycles. The second kappa shape index (κ2) is 10.4. The Morgan fingerprint density at radius 3 is 2.46 bits per heavy atom. The molecule has 0 aliphatic rings. The minimum Gasteiger partial charge on any atom is -0.381 e. The van der Waals surface area contributed by atoms with Gasteiger partial charge < -0.3 is 4.74 Å². The van der Waals surface area contributed by atoms with Crippen molar-refractivity contribution in [2.24, 2.45) is 5.92 Å². The number of rotatable bonds is 9. The second-order valence-corrected chi connectivity index (χ2v) is 3.96. The van der Waals surface area contributed by atoms with Crippen LogP contribution in [0.25, 0.3) is 0 Å². The van der Waals surface area contributed by atoms with Crippen molar-refractivity contribution in [3.63, 3.8) is 0 Å². The van der Waals surface area contributed by atoms with Crippen molar-refractivity contribution in [3.05, 3.63) is 0 Å². The van der Waals surface area contributed by atoms with Gasteiger partial charge in [-0.15, -0.1) is 0 Å². The first-order chi connectivity index (χ1) is 6.35. The molecule has 0 aliphatic carbocycles. The van der Waals surface area contributed by atoms with Crippen LogP contribution in [0.15, 0.2) is 0 Å². The number of unbranched alkanes of at least 4 members (excludes halogenated alkanes) is 3. The third-order valence-corrected chi connectivity index (χ3v) is 2.85. The molecule has 0 aliphatic heterocycles. The normalized spacial score (nSPS) is 13.2. The van der Waals surface area contributed by atoms with E-state index in [4.69, 9.17) is 4.74 Å². The summed E-state index contributed by atoms with van der Waals surface area (Å²) in [5.74, 6) is 1.60. The minimum absolute atomic E-state index is 0.648. The molecule has 0 bridgehead atoms. The average Bonchev–Trinajstić information content (AvgIpc) is 2.17. The fraction of sp³-hybridized carbons (Fsp3) is 1.00. The van der Waals surface area contributed by atoms with Crippen LogP contribution in [-0.2, 0) is 4.74 Å². The van der Waals surface area contributed by atoms with E-state index in [2.05, 4.69) is 26.5 Å². The van der Waals surface area contributed by atoms with Crippen LogP contribution in [0.2, 0.25) is 0 Å². The van der Waals surface area contributed by atoms with Crippen molar-refractivity contribution in [2.45, 2.75) is 46.0 Å². The highest BCUT2D eigenvalue weighted by Gasteiger charge is 2.02. The monoisotopic (exact) mass is 204 g/mol. The van der Waals surface area contributed by atoms with Gasteiger partial charge in [0.1, 0.15) is 0 Å². The molecule has 0 amide bonds. The van der Waals surface area contributed by atoms with Gasteiger partial charge in [0.25, 0.3) is 0 Å². The quantitative estimate of drug-likeness (QED) is 0.446. The summed E-state index contributed by atoms with van der Waals surface area (Å²) in [6.07, 6.45) is 6.35. The molecule has 0 aromatic rings. The predicted octanol–water partition coefficient (Wildman–Crippen LogP) is 3.54. The Morgan fingerprint density at radius 2 is 1.92 bits per heavy atom. The molecule has 1 unspecified atom stereocenters. The molecule has 13 heavy (non-hydrogen) atoms. The topological polar surface area (TPSA) is 9.23 Å². The maximum atomic E-state index is 5.58. The first-order valence-corrected chi connectivity index (χ1v) is 6.16. The molecule has 1 nitrogen and oxygen atoms in total. The number of hydrogen-bond acceptors (Lipinski definition) is 2. The van der Waals surface area contributed by atoms with E-state index in [0.29, 0.717) is 5.92 Å². The van der Waals surface area contributed by atoms with Crippen LogP contribution in [0, 0.1) is 5.92 Å². The third kappa shape index (κ3) is 8.63. The Labute approximate surface area is 88.7 Å². The van der Waals surface area contributed by atoms with Crippen molar-refractivity contribution in [2.75, 3.05) is 19.0 Å². The van der Waals surface area contributed by atoms with Crippen LogP contribution in [0.4, 0.5) is 0 Å². The van der Waals surface area contributed by atoms with Gasteiger partial charge in [0.05, 0.1) is 6.61 Å². The molecule has 80 valence electrons. The van der Waals surface area contributed by atoms with Crippen LogP contribution >= 0.6 is 12.6 Å². The Balaban J connectivity index is 3.05. The molecular weight excluding hydrogens is 180 g/mol. The van der Waals surface area contributed by atoms with Gasteiger partial charge in [-0.2, -0.15) is 12.6 Å². The number of hydrogen-bond donors (Lipinski definition) is 1. The third-order valence-electron chi connectivity index (χ3n) is 2.33. The molecule has 0 N–H and O–H groups in total. The summed E-state index contributed by atoms with van der Waals surface area (Å²) in [6, 6.07) is 0. The fourth-order valence-corrected chi connectivity index (χ4v) is 1.54.